The van der Waals surface area contributed by atoms with E-state index >= 15 is 0 Å². The maximum absolute atomic E-state index is 12.3. The molecule has 0 bridgehead atoms. The van der Waals surface area contributed by atoms with Gasteiger partial charge in [0, 0.05) is 643 Å². The van der Waals surface area contributed by atoms with Gasteiger partial charge in [-0.1, -0.05) is 59.7 Å². The van der Waals surface area contributed by atoms with E-state index in [2.05, 4.69) is 10.6 Å². The lowest BCUT2D eigenvalue weighted by Crippen LogP contribution is -2.61. The molecule has 4 aliphatic rings. The third-order valence-electron chi connectivity index (χ3n) is 9.86. The van der Waals surface area contributed by atoms with Gasteiger partial charge in [-0.2, -0.15) is 0 Å². The predicted octanol–water partition coefficient (Wildman–Crippen LogP) is 1.89. The van der Waals surface area contributed by atoms with Crippen LogP contribution < -0.4 is 10.6 Å². The van der Waals surface area contributed by atoms with Crippen molar-refractivity contribution in [3.8, 4) is 0 Å². The minimum Gasteiger partial charge on any atom is -0.342 e. The van der Waals surface area contributed by atoms with E-state index in [9.17, 15) is 19.2 Å². The fourth-order valence-corrected chi connectivity index (χ4v) is 185. The zero-order chi connectivity index (χ0) is 76.2. The van der Waals surface area contributed by atoms with Gasteiger partial charge in [0.25, 0.3) is 0 Å². The fraction of sp³-hybridized carbons (Fsp3) is 0.467. The van der Waals surface area contributed by atoms with Crippen LogP contribution in [0.4, 0.5) is 0 Å². The Morgan fingerprint density at radius 2 is 0.430 bits per heavy atom. The Bertz CT molecular complexity index is 6640. The quantitative estimate of drug-likeness (QED) is 0.487. The molecular formula is C30H36N4O4S69. The summed E-state index contributed by atoms with van der Waals surface area (Å²) in [6.45, 7) is 5.51. The van der Waals surface area contributed by atoms with Crippen molar-refractivity contribution in [2.75, 3.05) is 13.1 Å². The monoisotopic (exact) mass is 2720 g/mol. The molecule has 0 unspecified atom stereocenters. The molecule has 4 amide bonds. The number of nitrogens with zero attached hydrogens (tertiary/aromatic N) is 2. The summed E-state index contributed by atoms with van der Waals surface area (Å²) >= 11 is 9.64. The van der Waals surface area contributed by atoms with Gasteiger partial charge < -0.3 is 20.4 Å². The number of carbonyl (C=O) groups is 4. The first-order valence-electron chi connectivity index (χ1n) is 25.0. The summed E-state index contributed by atoms with van der Waals surface area (Å²) < 4.78 is 0. The van der Waals surface area contributed by atoms with E-state index in [-0.39, 0.29) is 35.7 Å². The highest BCUT2D eigenvalue weighted by Gasteiger charge is 2.44. The Hall–Kier alpha value is 11.5. The number of hydrogen-bond acceptors (Lipinski definition) is 6. The number of piperazine rings is 2. The highest BCUT2D eigenvalue weighted by atomic mass is 33.5. The second-order valence-corrected chi connectivity index (χ2v) is 134. The SMILES string of the molecule is Cc1ccc(C[C@@H]2NC(=O)[C@@H]3CCCN3C2=O)cc1.Cc1ccc(C[C@@H]2NC(=O)[C@@H]3CCCN3C2=O)cc1.S=S=S=S=S=S=S=S=S=S=S=S=S=S=S=S=S=S=S=S=S=S=S=S=S=S=S=S=S=S=S=S=S=S=S=S=S=S=S=S=S=S=S=S=S=S=S=S=S=S=S=S=S=S=S=S=S=S=S=S=S=S=S=S=S=S=S=S=S. The Morgan fingerprint density at radius 3 is 0.589 bits per heavy atom. The molecule has 107 heavy (non-hydrogen) atoms. The van der Waals surface area contributed by atoms with Gasteiger partial charge in [0.1, 0.15) is 24.2 Å². The first-order chi connectivity index (χ1) is 52.7. The standard InChI is InChI=1S/2C15H18N2O2.S69/c2*1-10-4-6-11(7-5-10)9-12-15(19)17-8-2-3-13(17)14(18)16-12;1-3-5-7-9-11-13-15-17-19-21-23-25-27-29-31-33-35-37-39-41-43-45-47-49-51-53-55-57-59-61-63-65-67-69-68-66-64-62-60-58-56-54-52-50-48-46-44-42-40-38-36-34-32-30-28-26-24-22-20-18-16-14-12-10-8-6-4-2/h2*4-7,12-13H,2-3,8-9H2,1H3,(H,16,18);/t2*12-,13-;/m00./s1. The van der Waals surface area contributed by atoms with E-state index in [0.717, 1.165) is 49.9 Å². The zero-order valence-corrected chi connectivity index (χ0v) is 107. The van der Waals surface area contributed by atoms with Crippen LogP contribution in [-0.4, -0.2) is 70.7 Å². The van der Waals surface area contributed by atoms with Crippen molar-refractivity contribution in [3.63, 3.8) is 0 Å². The van der Waals surface area contributed by atoms with Gasteiger partial charge in [-0.3, -0.25) is 19.2 Å². The van der Waals surface area contributed by atoms with Crippen LogP contribution in [0.2, 0.25) is 0 Å². The van der Waals surface area contributed by atoms with E-state index in [1.807, 2.05) is 533 Å². The molecule has 4 fully saturated rings. The van der Waals surface area contributed by atoms with Crippen LogP contribution >= 0.6 is 0 Å². The molecule has 4 aliphatic heterocycles. The third-order valence-corrected chi connectivity index (χ3v) is 157. The lowest BCUT2D eigenvalue weighted by molar-refractivity contribution is -0.147. The summed E-state index contributed by atoms with van der Waals surface area (Å²) in [4.78, 5) is 52.1. The van der Waals surface area contributed by atoms with Crippen LogP contribution in [0, 0.1) is 13.8 Å². The molecule has 2 aromatic rings. The molecule has 0 saturated carbocycles. The molecule has 2 aromatic carbocycles. The Morgan fingerprint density at radius 1 is 0.271 bits per heavy atom. The number of carbonyl (C=O) groups excluding carboxylic acids is 4. The van der Waals surface area contributed by atoms with Gasteiger partial charge in [-0.25, -0.2) is 0 Å². The molecule has 0 radical (unpaired) electrons. The second-order valence-electron chi connectivity index (χ2n) is 15.4. The molecule has 0 spiro atoms. The minimum atomic E-state index is -0.399. The normalized spacial score (nSPS) is 14.4. The largest absolute Gasteiger partial charge is 0.342 e. The van der Waals surface area contributed by atoms with Crippen molar-refractivity contribution in [1.82, 2.24) is 20.4 Å². The summed E-state index contributed by atoms with van der Waals surface area (Å²) in [5.41, 5.74) is 4.56. The van der Waals surface area contributed by atoms with Crippen molar-refractivity contribution in [1.29, 1.82) is 0 Å². The molecule has 6 rings (SSSR count). The molecule has 4 heterocycles. The van der Waals surface area contributed by atoms with E-state index in [4.69, 9.17) is 22.4 Å². The first kappa shape index (κ1) is 111. The Labute approximate surface area is 820 Å². The molecule has 2 N–H and O–H groups in total. The molecule has 4 saturated heterocycles. The molecular weight excluding hydrogens is 2690 g/mol. The maximum Gasteiger partial charge on any atom is 0.246 e. The maximum atomic E-state index is 12.3. The summed E-state index contributed by atoms with van der Waals surface area (Å²) in [5, 5.41) is 5.74. The van der Waals surface area contributed by atoms with Crippen molar-refractivity contribution in [3.05, 3.63) is 70.8 Å². The first-order valence-corrected chi connectivity index (χ1v) is 116. The zero-order valence-electron chi connectivity index (χ0n) is 50.3. The number of nitrogens with one attached hydrogen (secondary N) is 2. The number of aryl methyl sites for hydroxylation is 2. The van der Waals surface area contributed by atoms with E-state index in [0.29, 0.717) is 12.8 Å². The van der Waals surface area contributed by atoms with Crippen LogP contribution in [0.3, 0.4) is 0 Å². The summed E-state index contributed by atoms with van der Waals surface area (Å²) in [6, 6.07) is 15.0. The van der Waals surface area contributed by atoms with Crippen molar-refractivity contribution >= 4 is 641 Å². The number of benzene rings is 2. The van der Waals surface area contributed by atoms with Crippen LogP contribution in [0.5, 0.6) is 0 Å². The van der Waals surface area contributed by atoms with Crippen molar-refractivity contribution < 1.29 is 19.2 Å². The number of amides is 4. The highest BCUT2D eigenvalue weighted by Crippen LogP contribution is 2.24. The average molecular weight is 2730 g/mol. The average Bonchev–Trinajstić information content (AvgIpc) is 1.70. The summed E-state index contributed by atoms with van der Waals surface area (Å²) in [6.07, 6.45) is 4.62. The van der Waals surface area contributed by atoms with E-state index in [1.165, 1.54) is 28.9 Å². The minimum absolute atomic E-state index is 0.00853. The lowest BCUT2D eigenvalue weighted by atomic mass is 10.0. The number of hydrogen-bond donors (Lipinski definition) is 2. The molecule has 0 aromatic heterocycles. The van der Waals surface area contributed by atoms with Crippen LogP contribution in [0.15, 0.2) is 48.5 Å². The summed E-state index contributed by atoms with van der Waals surface area (Å²) in [5.74, 6) is 0.161. The van der Waals surface area contributed by atoms with Crippen molar-refractivity contribution in [2.45, 2.75) is 76.5 Å². The van der Waals surface area contributed by atoms with Crippen LogP contribution in [0.1, 0.15) is 47.9 Å². The van der Waals surface area contributed by atoms with Gasteiger partial charge in [0.05, 0.1) is 0 Å². The number of rotatable bonds is 4. The smallest absolute Gasteiger partial charge is 0.246 e. The third kappa shape index (κ3) is 63.2. The Kier molecular flexibility index (Phi) is 86.1. The van der Waals surface area contributed by atoms with Gasteiger partial charge in [0.15, 0.2) is 0 Å². The van der Waals surface area contributed by atoms with Gasteiger partial charge in [-0.15, -0.1) is 0 Å². The lowest BCUT2D eigenvalue weighted by Gasteiger charge is -2.34. The van der Waals surface area contributed by atoms with E-state index < -0.39 is 12.1 Å². The van der Waals surface area contributed by atoms with Crippen molar-refractivity contribution in [2.24, 2.45) is 0 Å². The topological polar surface area (TPSA) is 98.8 Å². The fourth-order valence-electron chi connectivity index (χ4n) is 6.60. The molecule has 614 valence electrons. The summed E-state index contributed by atoms with van der Waals surface area (Å²) in [7, 11) is 121. The molecule has 4 atom stereocenters. The van der Waals surface area contributed by atoms with Gasteiger partial charge >= 0.3 is 0 Å². The number of fused-ring (bicyclic) bond motifs is 2. The molecule has 8 nitrogen and oxygen atoms in total. The Balaban J connectivity index is 0.000000499. The second kappa shape index (κ2) is 83.1. The highest BCUT2D eigenvalue weighted by molar-refractivity contribution is 8.84. The van der Waals surface area contributed by atoms with E-state index in [1.54, 1.807) is 116 Å². The molecule has 0 aliphatic carbocycles. The molecule has 77 heteroatoms. The van der Waals surface area contributed by atoms with Crippen LogP contribution in [-0.2, 0) is 649 Å². The van der Waals surface area contributed by atoms with Gasteiger partial charge in [-0.05, 0) is 50.7 Å². The van der Waals surface area contributed by atoms with Gasteiger partial charge in [0.2, 0.25) is 23.6 Å². The predicted molar refractivity (Wildman–Crippen MR) is 651 cm³/mol. The van der Waals surface area contributed by atoms with Crippen LogP contribution in [0.25, 0.3) is 0 Å².